The Kier molecular flexibility index (Phi) is 36.8. The topological polar surface area (TPSA) is 38.7 Å². The molecule has 0 aromatic rings. The Labute approximate surface area is 253 Å². The Hall–Kier alpha value is -0.120. The minimum Gasteiger partial charge on any atom is -0.394 e. The van der Waals surface area contributed by atoms with Crippen LogP contribution < -0.4 is 0 Å². The first-order valence-corrected chi connectivity index (χ1v) is 18.6. The van der Waals surface area contributed by atoms with Gasteiger partial charge >= 0.3 is 0 Å². The number of hydrogen-bond acceptors (Lipinski definition) is 3. The molecular formula is C37H76O3. The zero-order valence-corrected chi connectivity index (χ0v) is 27.9. The third-order valence-corrected chi connectivity index (χ3v) is 8.50. The second-order valence-electron chi connectivity index (χ2n) is 12.6. The number of ether oxygens (including phenoxy) is 2. The molecule has 3 nitrogen and oxygen atoms in total. The van der Waals surface area contributed by atoms with Gasteiger partial charge in [-0.3, -0.25) is 0 Å². The average molecular weight is 569 g/mol. The van der Waals surface area contributed by atoms with Crippen molar-refractivity contribution in [3.63, 3.8) is 0 Å². The molecule has 40 heavy (non-hydrogen) atoms. The Bertz CT molecular complexity index is 428. The van der Waals surface area contributed by atoms with Crippen LogP contribution in [0.3, 0.4) is 0 Å². The highest BCUT2D eigenvalue weighted by Gasteiger charge is 2.07. The van der Waals surface area contributed by atoms with Gasteiger partial charge in [0.2, 0.25) is 0 Å². The third-order valence-electron chi connectivity index (χ3n) is 8.50. The first-order chi connectivity index (χ1) is 19.8. The molecule has 1 N–H and O–H groups in total. The molecule has 0 unspecified atom stereocenters. The number of aliphatic hydroxyl groups excluding tert-OH is 1. The normalized spacial score (nSPS) is 12.4. The number of aliphatic hydroxyl groups is 1. The van der Waals surface area contributed by atoms with Crippen molar-refractivity contribution >= 4 is 0 Å². The van der Waals surface area contributed by atoms with Crippen molar-refractivity contribution in [2.24, 2.45) is 0 Å². The zero-order chi connectivity index (χ0) is 29.0. The highest BCUT2D eigenvalue weighted by Crippen LogP contribution is 2.15. The summed E-state index contributed by atoms with van der Waals surface area (Å²) >= 11 is 0. The first kappa shape index (κ1) is 39.9. The molecule has 242 valence electrons. The van der Waals surface area contributed by atoms with Crippen LogP contribution in [0.5, 0.6) is 0 Å². The van der Waals surface area contributed by atoms with E-state index in [0.717, 1.165) is 26.1 Å². The standard InChI is InChI=1S/C37H76O3/c1-3-5-7-9-11-13-15-17-19-20-21-23-25-27-29-31-33-39-36-37(35-38)40-34-32-30-28-26-24-22-18-16-14-12-10-8-6-4-2/h37-38H,3-36H2,1-2H3/t37-/m0/s1. The largest absolute Gasteiger partial charge is 0.394 e. The molecule has 0 aliphatic carbocycles. The molecule has 0 radical (unpaired) electrons. The maximum absolute atomic E-state index is 9.58. The summed E-state index contributed by atoms with van der Waals surface area (Å²) in [6, 6.07) is 0. The van der Waals surface area contributed by atoms with Crippen LogP contribution in [0.4, 0.5) is 0 Å². The lowest BCUT2D eigenvalue weighted by molar-refractivity contribution is -0.0437. The van der Waals surface area contributed by atoms with Gasteiger partial charge in [0, 0.05) is 13.2 Å². The number of rotatable bonds is 36. The molecule has 1 atom stereocenters. The van der Waals surface area contributed by atoms with Gasteiger partial charge in [-0.1, -0.05) is 194 Å². The van der Waals surface area contributed by atoms with Crippen molar-refractivity contribution < 1.29 is 14.6 Å². The van der Waals surface area contributed by atoms with E-state index in [1.54, 1.807) is 0 Å². The Balaban J connectivity index is 3.24. The lowest BCUT2D eigenvalue weighted by atomic mass is 10.0. The van der Waals surface area contributed by atoms with Gasteiger partial charge in [-0.15, -0.1) is 0 Å². The van der Waals surface area contributed by atoms with Gasteiger partial charge in [-0.05, 0) is 12.8 Å². The fourth-order valence-electron chi connectivity index (χ4n) is 5.67. The van der Waals surface area contributed by atoms with Crippen LogP contribution in [-0.4, -0.2) is 37.6 Å². The Morgan fingerprint density at radius 2 is 0.650 bits per heavy atom. The second kappa shape index (κ2) is 36.9. The van der Waals surface area contributed by atoms with E-state index < -0.39 is 0 Å². The van der Waals surface area contributed by atoms with Crippen LogP contribution in [-0.2, 0) is 9.47 Å². The van der Waals surface area contributed by atoms with Crippen LogP contribution in [0.25, 0.3) is 0 Å². The van der Waals surface area contributed by atoms with E-state index in [-0.39, 0.29) is 12.7 Å². The predicted molar refractivity (Wildman–Crippen MR) is 178 cm³/mol. The fourth-order valence-corrected chi connectivity index (χ4v) is 5.67. The lowest BCUT2D eigenvalue weighted by Gasteiger charge is -2.15. The predicted octanol–water partition coefficient (Wildman–Crippen LogP) is 12.1. The van der Waals surface area contributed by atoms with Crippen molar-refractivity contribution in [3.8, 4) is 0 Å². The fraction of sp³-hybridized carbons (Fsp3) is 1.00. The molecule has 3 heteroatoms. The summed E-state index contributed by atoms with van der Waals surface area (Å²) in [5.74, 6) is 0. The van der Waals surface area contributed by atoms with Gasteiger partial charge in [0.1, 0.15) is 6.10 Å². The van der Waals surface area contributed by atoms with E-state index in [4.69, 9.17) is 9.47 Å². The molecule has 0 saturated carbocycles. The van der Waals surface area contributed by atoms with Gasteiger partial charge in [0.15, 0.2) is 0 Å². The molecule has 0 amide bonds. The van der Waals surface area contributed by atoms with E-state index in [1.807, 2.05) is 0 Å². The Morgan fingerprint density at radius 3 is 0.950 bits per heavy atom. The van der Waals surface area contributed by atoms with Crippen LogP contribution in [0.2, 0.25) is 0 Å². The minimum atomic E-state index is -0.150. The molecule has 0 aromatic carbocycles. The van der Waals surface area contributed by atoms with Gasteiger partial charge in [0.05, 0.1) is 13.2 Å². The highest BCUT2D eigenvalue weighted by molar-refractivity contribution is 4.56. The number of hydrogen-bond donors (Lipinski definition) is 1. The van der Waals surface area contributed by atoms with Gasteiger partial charge < -0.3 is 14.6 Å². The molecule has 0 aromatic heterocycles. The summed E-state index contributed by atoms with van der Waals surface area (Å²) in [5, 5.41) is 9.58. The highest BCUT2D eigenvalue weighted by atomic mass is 16.5. The molecular weight excluding hydrogens is 492 g/mol. The molecule has 0 heterocycles. The molecule has 0 spiro atoms. The van der Waals surface area contributed by atoms with E-state index >= 15 is 0 Å². The molecule has 0 saturated heterocycles. The molecule has 0 bridgehead atoms. The second-order valence-corrected chi connectivity index (χ2v) is 12.6. The first-order valence-electron chi connectivity index (χ1n) is 18.6. The summed E-state index contributed by atoms with van der Waals surface area (Å²) in [6.07, 6.45) is 41.4. The summed E-state index contributed by atoms with van der Waals surface area (Å²) in [7, 11) is 0. The van der Waals surface area contributed by atoms with E-state index in [9.17, 15) is 5.11 Å². The van der Waals surface area contributed by atoms with Crippen molar-refractivity contribution in [2.75, 3.05) is 26.4 Å². The zero-order valence-electron chi connectivity index (χ0n) is 27.9. The van der Waals surface area contributed by atoms with Crippen molar-refractivity contribution in [3.05, 3.63) is 0 Å². The summed E-state index contributed by atoms with van der Waals surface area (Å²) in [5.41, 5.74) is 0. The van der Waals surface area contributed by atoms with E-state index in [2.05, 4.69) is 13.8 Å². The van der Waals surface area contributed by atoms with Gasteiger partial charge in [0.25, 0.3) is 0 Å². The monoisotopic (exact) mass is 569 g/mol. The molecule has 0 rings (SSSR count). The quantitative estimate of drug-likeness (QED) is 0.0764. The van der Waals surface area contributed by atoms with Crippen LogP contribution in [0.1, 0.15) is 206 Å². The van der Waals surface area contributed by atoms with Crippen molar-refractivity contribution in [1.29, 1.82) is 0 Å². The summed E-state index contributed by atoms with van der Waals surface area (Å²) in [6.45, 7) is 6.74. The summed E-state index contributed by atoms with van der Waals surface area (Å²) < 4.78 is 11.7. The smallest absolute Gasteiger partial charge is 0.104 e. The SMILES string of the molecule is CCCCCCCCCCCCCCCCCCOC[C@H](CO)OCCCCCCCCCCCCCCCC. The minimum absolute atomic E-state index is 0.0670. The van der Waals surface area contributed by atoms with Crippen LogP contribution in [0, 0.1) is 0 Å². The molecule has 0 fully saturated rings. The summed E-state index contributed by atoms with van der Waals surface area (Å²) in [4.78, 5) is 0. The number of unbranched alkanes of at least 4 members (excludes halogenated alkanes) is 28. The molecule has 0 aliphatic heterocycles. The van der Waals surface area contributed by atoms with Crippen LogP contribution >= 0.6 is 0 Å². The van der Waals surface area contributed by atoms with Crippen LogP contribution in [0.15, 0.2) is 0 Å². The van der Waals surface area contributed by atoms with E-state index in [1.165, 1.54) is 180 Å². The maximum atomic E-state index is 9.58. The lowest BCUT2D eigenvalue weighted by Crippen LogP contribution is -2.24. The van der Waals surface area contributed by atoms with Gasteiger partial charge in [-0.2, -0.15) is 0 Å². The van der Waals surface area contributed by atoms with Crippen molar-refractivity contribution in [1.82, 2.24) is 0 Å². The van der Waals surface area contributed by atoms with Gasteiger partial charge in [-0.25, -0.2) is 0 Å². The van der Waals surface area contributed by atoms with E-state index in [0.29, 0.717) is 6.61 Å². The van der Waals surface area contributed by atoms with Crippen molar-refractivity contribution in [2.45, 2.75) is 213 Å². The molecule has 0 aliphatic rings. The average Bonchev–Trinajstić information content (AvgIpc) is 2.97. The third kappa shape index (κ3) is 34.1. The Morgan fingerprint density at radius 1 is 0.375 bits per heavy atom. The maximum Gasteiger partial charge on any atom is 0.104 e.